The summed E-state index contributed by atoms with van der Waals surface area (Å²) in [5.41, 5.74) is 6.58. The first-order valence-corrected chi connectivity index (χ1v) is 7.87. The van der Waals surface area contributed by atoms with Gasteiger partial charge in [0.05, 0.1) is 0 Å². The van der Waals surface area contributed by atoms with Crippen molar-refractivity contribution in [1.29, 1.82) is 0 Å². The molecule has 1 heterocycles. The zero-order valence-corrected chi connectivity index (χ0v) is 13.0. The Balaban J connectivity index is 1.68. The highest BCUT2D eigenvalue weighted by molar-refractivity contribution is 5.60. The highest BCUT2D eigenvalue weighted by Crippen LogP contribution is 2.25. The van der Waals surface area contributed by atoms with Crippen LogP contribution < -0.4 is 10.2 Å². The minimum atomic E-state index is 0.881. The summed E-state index contributed by atoms with van der Waals surface area (Å²) in [4.78, 5) is 2.48. The van der Waals surface area contributed by atoms with E-state index in [1.54, 1.807) is 0 Å². The Morgan fingerprint density at radius 1 is 1.00 bits per heavy atom. The third kappa shape index (κ3) is 3.38. The third-order valence-electron chi connectivity index (χ3n) is 4.25. The van der Waals surface area contributed by atoms with E-state index in [4.69, 9.17) is 0 Å². The maximum absolute atomic E-state index is 3.56. The van der Waals surface area contributed by atoms with Gasteiger partial charge in [-0.05, 0) is 56.0 Å². The molecule has 1 N–H and O–H groups in total. The van der Waals surface area contributed by atoms with Crippen LogP contribution in [-0.2, 0) is 6.54 Å². The van der Waals surface area contributed by atoms with Crippen molar-refractivity contribution >= 4 is 11.4 Å². The summed E-state index contributed by atoms with van der Waals surface area (Å²) in [7, 11) is 0. The summed E-state index contributed by atoms with van der Waals surface area (Å²) in [6, 6.07) is 15.4. The summed E-state index contributed by atoms with van der Waals surface area (Å²) < 4.78 is 0. The number of hydrogen-bond acceptors (Lipinski definition) is 2. The van der Waals surface area contributed by atoms with Crippen LogP contribution in [0.3, 0.4) is 0 Å². The van der Waals surface area contributed by atoms with E-state index in [0.717, 1.165) is 6.54 Å². The molecule has 2 heteroatoms. The van der Waals surface area contributed by atoms with Crippen molar-refractivity contribution in [3.05, 3.63) is 59.2 Å². The number of nitrogens with zero attached hydrogens (tertiary/aromatic N) is 1. The van der Waals surface area contributed by atoms with Crippen molar-refractivity contribution in [3.63, 3.8) is 0 Å². The molecular formula is C19H24N2. The van der Waals surface area contributed by atoms with Gasteiger partial charge in [0.15, 0.2) is 0 Å². The Hall–Kier alpha value is -1.96. The van der Waals surface area contributed by atoms with Crippen molar-refractivity contribution in [2.75, 3.05) is 23.3 Å². The first-order chi connectivity index (χ1) is 10.2. The molecule has 0 spiro atoms. The molecule has 1 aliphatic heterocycles. The van der Waals surface area contributed by atoms with E-state index < -0.39 is 0 Å². The zero-order chi connectivity index (χ0) is 14.7. The summed E-state index contributed by atoms with van der Waals surface area (Å²) in [5, 5.41) is 3.56. The van der Waals surface area contributed by atoms with E-state index in [-0.39, 0.29) is 0 Å². The number of hydrogen-bond donors (Lipinski definition) is 1. The van der Waals surface area contributed by atoms with Gasteiger partial charge in [-0.3, -0.25) is 0 Å². The standard InChI is InChI=1S/C19H24N2/c1-15-6-5-7-17(12-15)14-20-19-9-8-18(13-16(19)2)21-10-3-4-11-21/h5-9,12-13,20H,3-4,10-11,14H2,1-2H3. The van der Waals surface area contributed by atoms with Gasteiger partial charge < -0.3 is 10.2 Å². The van der Waals surface area contributed by atoms with Crippen LogP contribution in [0.5, 0.6) is 0 Å². The van der Waals surface area contributed by atoms with Crippen LogP contribution in [0, 0.1) is 13.8 Å². The molecule has 0 aromatic heterocycles. The van der Waals surface area contributed by atoms with Crippen LogP contribution in [0.2, 0.25) is 0 Å². The molecule has 1 fully saturated rings. The van der Waals surface area contributed by atoms with Crippen molar-refractivity contribution in [3.8, 4) is 0 Å². The summed E-state index contributed by atoms with van der Waals surface area (Å²) in [6.45, 7) is 7.62. The second-order valence-electron chi connectivity index (χ2n) is 6.04. The predicted molar refractivity (Wildman–Crippen MR) is 91.1 cm³/mol. The van der Waals surface area contributed by atoms with Gasteiger partial charge in [0.25, 0.3) is 0 Å². The fraction of sp³-hybridized carbons (Fsp3) is 0.368. The van der Waals surface area contributed by atoms with E-state index in [0.29, 0.717) is 0 Å². The van der Waals surface area contributed by atoms with Gasteiger partial charge in [-0.25, -0.2) is 0 Å². The quantitative estimate of drug-likeness (QED) is 0.886. The lowest BCUT2D eigenvalue weighted by molar-refractivity contribution is 0.949. The van der Waals surface area contributed by atoms with Crippen LogP contribution in [0.4, 0.5) is 11.4 Å². The lowest BCUT2D eigenvalue weighted by Gasteiger charge is -2.19. The van der Waals surface area contributed by atoms with Gasteiger partial charge in [-0.2, -0.15) is 0 Å². The van der Waals surface area contributed by atoms with Gasteiger partial charge in [0.1, 0.15) is 0 Å². The number of aryl methyl sites for hydroxylation is 2. The minimum Gasteiger partial charge on any atom is -0.381 e. The molecule has 0 saturated carbocycles. The first-order valence-electron chi connectivity index (χ1n) is 7.87. The molecule has 0 unspecified atom stereocenters. The molecule has 0 bridgehead atoms. The Bertz CT molecular complexity index is 613. The van der Waals surface area contributed by atoms with Gasteiger partial charge in [-0.15, -0.1) is 0 Å². The van der Waals surface area contributed by atoms with Crippen molar-refractivity contribution in [2.45, 2.75) is 33.2 Å². The smallest absolute Gasteiger partial charge is 0.0400 e. The summed E-state index contributed by atoms with van der Waals surface area (Å²) >= 11 is 0. The van der Waals surface area contributed by atoms with Crippen LogP contribution in [0.15, 0.2) is 42.5 Å². The number of rotatable bonds is 4. The van der Waals surface area contributed by atoms with Crippen molar-refractivity contribution < 1.29 is 0 Å². The molecule has 21 heavy (non-hydrogen) atoms. The molecule has 2 aromatic carbocycles. The van der Waals surface area contributed by atoms with E-state index in [1.807, 2.05) is 0 Å². The Morgan fingerprint density at radius 2 is 1.81 bits per heavy atom. The maximum Gasteiger partial charge on any atom is 0.0400 e. The molecule has 3 rings (SSSR count). The fourth-order valence-electron chi connectivity index (χ4n) is 3.04. The fourth-order valence-corrected chi connectivity index (χ4v) is 3.04. The molecule has 0 radical (unpaired) electrons. The van der Waals surface area contributed by atoms with E-state index in [9.17, 15) is 0 Å². The van der Waals surface area contributed by atoms with E-state index in [1.165, 1.54) is 54.0 Å². The molecule has 1 aliphatic rings. The van der Waals surface area contributed by atoms with E-state index >= 15 is 0 Å². The highest BCUT2D eigenvalue weighted by atomic mass is 15.1. The van der Waals surface area contributed by atoms with Crippen LogP contribution >= 0.6 is 0 Å². The predicted octanol–water partition coefficient (Wildman–Crippen LogP) is 4.52. The monoisotopic (exact) mass is 280 g/mol. The zero-order valence-electron chi connectivity index (χ0n) is 13.0. The molecule has 1 saturated heterocycles. The summed E-state index contributed by atoms with van der Waals surface area (Å²) in [5.74, 6) is 0. The Morgan fingerprint density at radius 3 is 2.52 bits per heavy atom. The van der Waals surface area contributed by atoms with Gasteiger partial charge in [0, 0.05) is 31.0 Å². The Kier molecular flexibility index (Phi) is 4.14. The molecule has 2 aromatic rings. The maximum atomic E-state index is 3.56. The Labute approximate surface area is 127 Å². The van der Waals surface area contributed by atoms with Crippen molar-refractivity contribution in [2.24, 2.45) is 0 Å². The van der Waals surface area contributed by atoms with Crippen LogP contribution in [-0.4, -0.2) is 13.1 Å². The highest BCUT2D eigenvalue weighted by Gasteiger charge is 2.12. The lowest BCUT2D eigenvalue weighted by Crippen LogP contribution is -2.17. The lowest BCUT2D eigenvalue weighted by atomic mass is 10.1. The molecule has 0 atom stereocenters. The number of benzene rings is 2. The topological polar surface area (TPSA) is 15.3 Å². The average molecular weight is 280 g/mol. The molecule has 0 aliphatic carbocycles. The van der Waals surface area contributed by atoms with Crippen LogP contribution in [0.25, 0.3) is 0 Å². The number of nitrogens with one attached hydrogen (secondary N) is 1. The molecule has 0 amide bonds. The first kappa shape index (κ1) is 14.0. The van der Waals surface area contributed by atoms with Gasteiger partial charge in [-0.1, -0.05) is 29.8 Å². The largest absolute Gasteiger partial charge is 0.381 e. The average Bonchev–Trinajstić information content (AvgIpc) is 3.00. The number of anilines is 2. The van der Waals surface area contributed by atoms with Gasteiger partial charge >= 0.3 is 0 Å². The minimum absolute atomic E-state index is 0.881. The normalized spacial score (nSPS) is 14.5. The van der Waals surface area contributed by atoms with Crippen LogP contribution in [0.1, 0.15) is 29.5 Å². The summed E-state index contributed by atoms with van der Waals surface area (Å²) in [6.07, 6.45) is 2.65. The molecule has 110 valence electrons. The van der Waals surface area contributed by atoms with E-state index in [2.05, 4.69) is 66.5 Å². The molecular weight excluding hydrogens is 256 g/mol. The second-order valence-corrected chi connectivity index (χ2v) is 6.04. The molecule has 2 nitrogen and oxygen atoms in total. The van der Waals surface area contributed by atoms with Crippen molar-refractivity contribution in [1.82, 2.24) is 0 Å². The third-order valence-corrected chi connectivity index (χ3v) is 4.25. The second kappa shape index (κ2) is 6.21. The SMILES string of the molecule is Cc1cccc(CNc2ccc(N3CCCC3)cc2C)c1. The van der Waals surface area contributed by atoms with Gasteiger partial charge in [0.2, 0.25) is 0 Å².